The summed E-state index contributed by atoms with van der Waals surface area (Å²) in [6.45, 7) is 6.78. The first-order valence-corrected chi connectivity index (χ1v) is 6.23. The van der Waals surface area contributed by atoms with Crippen molar-refractivity contribution in [3.63, 3.8) is 0 Å². The van der Waals surface area contributed by atoms with Crippen molar-refractivity contribution in [2.45, 2.75) is 26.4 Å². The van der Waals surface area contributed by atoms with E-state index in [9.17, 15) is 0 Å². The van der Waals surface area contributed by atoms with Crippen molar-refractivity contribution in [3.8, 4) is 5.75 Å². The minimum absolute atomic E-state index is 0.450. The number of ether oxygens (including phenoxy) is 2. The van der Waals surface area contributed by atoms with E-state index in [0.717, 1.165) is 36.7 Å². The highest BCUT2D eigenvalue weighted by molar-refractivity contribution is 5.47. The lowest BCUT2D eigenvalue weighted by atomic mass is 10.1. The number of nitrogens with two attached hydrogens (primary N) is 1. The molecule has 0 aliphatic rings. The minimum Gasteiger partial charge on any atom is -0.496 e. The SMILES string of the molecule is COCCN(Cc1cc(N)ccc1OC)C(C)C. The smallest absolute Gasteiger partial charge is 0.123 e. The highest BCUT2D eigenvalue weighted by Gasteiger charge is 2.13. The summed E-state index contributed by atoms with van der Waals surface area (Å²) in [5.74, 6) is 0.882. The lowest BCUT2D eigenvalue weighted by Crippen LogP contribution is -2.33. The molecule has 2 N–H and O–H groups in total. The molecule has 0 spiro atoms. The first-order valence-electron chi connectivity index (χ1n) is 6.23. The van der Waals surface area contributed by atoms with E-state index in [4.69, 9.17) is 15.2 Å². The second-order valence-corrected chi connectivity index (χ2v) is 4.63. The number of hydrogen-bond acceptors (Lipinski definition) is 4. The number of hydrogen-bond donors (Lipinski definition) is 1. The van der Waals surface area contributed by atoms with Crippen molar-refractivity contribution in [1.29, 1.82) is 0 Å². The van der Waals surface area contributed by atoms with Gasteiger partial charge < -0.3 is 15.2 Å². The van der Waals surface area contributed by atoms with Crippen LogP contribution in [0.4, 0.5) is 5.69 Å². The molecule has 0 heterocycles. The molecule has 0 aromatic heterocycles. The topological polar surface area (TPSA) is 47.7 Å². The van der Waals surface area contributed by atoms with Gasteiger partial charge in [0.1, 0.15) is 5.75 Å². The number of nitrogens with zero attached hydrogens (tertiary/aromatic N) is 1. The van der Waals surface area contributed by atoms with Gasteiger partial charge in [-0.2, -0.15) is 0 Å². The van der Waals surface area contributed by atoms with Gasteiger partial charge in [0.05, 0.1) is 13.7 Å². The molecule has 0 aliphatic heterocycles. The third-order valence-corrected chi connectivity index (χ3v) is 2.99. The fourth-order valence-corrected chi connectivity index (χ4v) is 1.87. The van der Waals surface area contributed by atoms with E-state index in [1.165, 1.54) is 0 Å². The van der Waals surface area contributed by atoms with E-state index in [2.05, 4.69) is 18.7 Å². The summed E-state index contributed by atoms with van der Waals surface area (Å²) in [5.41, 5.74) is 7.71. The molecule has 0 amide bonds. The van der Waals surface area contributed by atoms with Crippen LogP contribution in [-0.4, -0.2) is 38.3 Å². The summed E-state index contributed by atoms with van der Waals surface area (Å²) < 4.78 is 10.5. The van der Waals surface area contributed by atoms with E-state index in [0.29, 0.717) is 6.04 Å². The molecule has 0 fully saturated rings. The Morgan fingerprint density at radius 2 is 2.00 bits per heavy atom. The molecule has 0 aliphatic carbocycles. The van der Waals surface area contributed by atoms with Crippen molar-refractivity contribution in [2.24, 2.45) is 0 Å². The zero-order valence-electron chi connectivity index (χ0n) is 11.8. The zero-order chi connectivity index (χ0) is 13.5. The maximum atomic E-state index is 5.84. The molecular weight excluding hydrogens is 228 g/mol. The van der Waals surface area contributed by atoms with Gasteiger partial charge in [-0.25, -0.2) is 0 Å². The molecule has 0 atom stereocenters. The summed E-state index contributed by atoms with van der Waals surface area (Å²) in [6, 6.07) is 6.20. The summed E-state index contributed by atoms with van der Waals surface area (Å²) in [7, 11) is 3.41. The van der Waals surface area contributed by atoms with Crippen LogP contribution in [0.3, 0.4) is 0 Å². The molecule has 0 saturated heterocycles. The monoisotopic (exact) mass is 252 g/mol. The van der Waals surface area contributed by atoms with Crippen LogP contribution in [0.2, 0.25) is 0 Å². The van der Waals surface area contributed by atoms with Crippen LogP contribution in [0.15, 0.2) is 18.2 Å². The Labute approximate surface area is 110 Å². The van der Waals surface area contributed by atoms with Crippen molar-refractivity contribution in [1.82, 2.24) is 4.90 Å². The lowest BCUT2D eigenvalue weighted by molar-refractivity contribution is 0.124. The summed E-state index contributed by atoms with van der Waals surface area (Å²) in [4.78, 5) is 2.33. The van der Waals surface area contributed by atoms with Gasteiger partial charge in [0.15, 0.2) is 0 Å². The Morgan fingerprint density at radius 1 is 1.28 bits per heavy atom. The maximum Gasteiger partial charge on any atom is 0.123 e. The molecule has 1 aromatic rings. The van der Waals surface area contributed by atoms with Crippen LogP contribution in [0, 0.1) is 0 Å². The zero-order valence-corrected chi connectivity index (χ0v) is 11.8. The van der Waals surface area contributed by atoms with E-state index < -0.39 is 0 Å². The highest BCUT2D eigenvalue weighted by Crippen LogP contribution is 2.23. The molecule has 0 radical (unpaired) electrons. The van der Waals surface area contributed by atoms with Crippen molar-refractivity contribution in [3.05, 3.63) is 23.8 Å². The molecule has 0 saturated carbocycles. The standard InChI is InChI=1S/C14H24N2O2/c1-11(2)16(7-8-17-3)10-12-9-13(15)5-6-14(12)18-4/h5-6,9,11H,7-8,10,15H2,1-4H3. The first kappa shape index (κ1) is 14.8. The molecule has 4 nitrogen and oxygen atoms in total. The van der Waals surface area contributed by atoms with Gasteiger partial charge in [0.25, 0.3) is 0 Å². The van der Waals surface area contributed by atoms with Crippen LogP contribution >= 0.6 is 0 Å². The van der Waals surface area contributed by atoms with E-state index >= 15 is 0 Å². The van der Waals surface area contributed by atoms with Crippen LogP contribution in [0.5, 0.6) is 5.75 Å². The Hall–Kier alpha value is -1.26. The molecule has 0 bridgehead atoms. The first-order chi connectivity index (χ1) is 8.58. The van der Waals surface area contributed by atoms with Gasteiger partial charge >= 0.3 is 0 Å². The molecule has 0 unspecified atom stereocenters. The summed E-state index contributed by atoms with van der Waals surface area (Å²) in [5, 5.41) is 0. The van der Waals surface area contributed by atoms with Gasteiger partial charge in [0, 0.05) is 37.5 Å². The highest BCUT2D eigenvalue weighted by atomic mass is 16.5. The normalized spacial score (nSPS) is 11.2. The van der Waals surface area contributed by atoms with Gasteiger partial charge in [-0.3, -0.25) is 4.90 Å². The Bertz CT molecular complexity index is 367. The number of nitrogen functional groups attached to an aromatic ring is 1. The van der Waals surface area contributed by atoms with Gasteiger partial charge in [-0.1, -0.05) is 0 Å². The Balaban J connectivity index is 2.81. The lowest BCUT2D eigenvalue weighted by Gasteiger charge is -2.27. The van der Waals surface area contributed by atoms with Crippen molar-refractivity contribution in [2.75, 3.05) is 33.1 Å². The average Bonchev–Trinajstić information content (AvgIpc) is 2.34. The van der Waals surface area contributed by atoms with Crippen LogP contribution < -0.4 is 10.5 Å². The molecule has 102 valence electrons. The van der Waals surface area contributed by atoms with E-state index in [1.807, 2.05) is 18.2 Å². The quantitative estimate of drug-likeness (QED) is 0.755. The Morgan fingerprint density at radius 3 is 2.56 bits per heavy atom. The van der Waals surface area contributed by atoms with Gasteiger partial charge in [-0.05, 0) is 32.0 Å². The third kappa shape index (κ3) is 4.20. The van der Waals surface area contributed by atoms with E-state index in [1.54, 1.807) is 14.2 Å². The van der Waals surface area contributed by atoms with Gasteiger partial charge in [-0.15, -0.1) is 0 Å². The molecule has 1 rings (SSSR count). The van der Waals surface area contributed by atoms with Gasteiger partial charge in [0.2, 0.25) is 0 Å². The van der Waals surface area contributed by atoms with Crippen LogP contribution in [-0.2, 0) is 11.3 Å². The third-order valence-electron chi connectivity index (χ3n) is 2.99. The fraction of sp³-hybridized carbons (Fsp3) is 0.571. The molecule has 4 heteroatoms. The number of benzene rings is 1. The number of methoxy groups -OCH3 is 2. The second kappa shape index (κ2) is 7.24. The predicted octanol–water partition coefficient (Wildman–Crippen LogP) is 2.13. The minimum atomic E-state index is 0.450. The summed E-state index contributed by atoms with van der Waals surface area (Å²) >= 11 is 0. The Kier molecular flexibility index (Phi) is 5.95. The average molecular weight is 252 g/mol. The molecule has 18 heavy (non-hydrogen) atoms. The summed E-state index contributed by atoms with van der Waals surface area (Å²) in [6.07, 6.45) is 0. The second-order valence-electron chi connectivity index (χ2n) is 4.63. The van der Waals surface area contributed by atoms with Crippen molar-refractivity contribution < 1.29 is 9.47 Å². The van der Waals surface area contributed by atoms with Crippen LogP contribution in [0.1, 0.15) is 19.4 Å². The largest absolute Gasteiger partial charge is 0.496 e. The molecule has 1 aromatic carbocycles. The molecular formula is C14H24N2O2. The van der Waals surface area contributed by atoms with E-state index in [-0.39, 0.29) is 0 Å². The van der Waals surface area contributed by atoms with Crippen LogP contribution in [0.25, 0.3) is 0 Å². The number of anilines is 1. The number of rotatable bonds is 7. The van der Waals surface area contributed by atoms with Crippen molar-refractivity contribution >= 4 is 5.69 Å². The predicted molar refractivity (Wildman–Crippen MR) is 74.8 cm³/mol. The maximum absolute atomic E-state index is 5.84. The fourth-order valence-electron chi connectivity index (χ4n) is 1.87.